The molecule has 6 aromatic rings. The van der Waals surface area contributed by atoms with Crippen LogP contribution in [0.2, 0.25) is 25.7 Å². The Kier molecular flexibility index (Phi) is 10.9. The molecule has 8 nitrogen and oxygen atoms in total. The number of carbonyl (C=O) groups is 1. The minimum atomic E-state index is -1.55. The number of halogens is 1. The molecule has 7 rings (SSSR count). The summed E-state index contributed by atoms with van der Waals surface area (Å²) in [6.45, 7) is 7.25. The summed E-state index contributed by atoms with van der Waals surface area (Å²) in [4.78, 5) is 21.3. The van der Waals surface area contributed by atoms with Gasteiger partial charge in [-0.05, 0) is 65.1 Å². The molecule has 0 fully saturated rings. The first-order chi connectivity index (χ1) is 26.5. The monoisotopic (exact) mass is 756 g/mol. The Hall–Kier alpha value is -5.71. The molecule has 5 aromatic carbocycles. The zero-order valence-electron chi connectivity index (χ0n) is 31.7. The summed E-state index contributed by atoms with van der Waals surface area (Å²) in [6, 6.07) is 34.2. The van der Waals surface area contributed by atoms with E-state index in [1.165, 1.54) is 17.0 Å². The van der Waals surface area contributed by atoms with Crippen LogP contribution in [0.3, 0.4) is 0 Å². The van der Waals surface area contributed by atoms with E-state index >= 15 is 0 Å². The van der Waals surface area contributed by atoms with E-state index in [1.54, 1.807) is 44.7 Å². The highest BCUT2D eigenvalue weighted by Crippen LogP contribution is 2.50. The highest BCUT2D eigenvalue weighted by Gasteiger charge is 2.44. The molecule has 1 atom stereocenters. The maximum atomic E-state index is 14.9. The van der Waals surface area contributed by atoms with Crippen molar-refractivity contribution in [3.63, 3.8) is 0 Å². The Morgan fingerprint density at radius 3 is 2.13 bits per heavy atom. The highest BCUT2D eigenvalue weighted by atomic mass is 28.3. The minimum Gasteiger partial charge on any atom is -0.497 e. The smallest absolute Gasteiger partial charge is 0.260 e. The molecule has 0 spiro atoms. The summed E-state index contributed by atoms with van der Waals surface area (Å²) in [7, 11) is 1.58. The van der Waals surface area contributed by atoms with Gasteiger partial charge in [0.05, 0.1) is 38.5 Å². The summed E-state index contributed by atoms with van der Waals surface area (Å²) in [6.07, 6.45) is 0.240. The predicted octanol–water partition coefficient (Wildman–Crippen LogP) is 9.51. The fourth-order valence-corrected chi connectivity index (χ4v) is 7.64. The number of fused-ring (bicyclic) bond motifs is 2. The molecule has 0 saturated carbocycles. The van der Waals surface area contributed by atoms with Gasteiger partial charge in [0.1, 0.15) is 34.7 Å². The molecule has 0 aliphatic carbocycles. The van der Waals surface area contributed by atoms with E-state index < -0.39 is 26.3 Å². The van der Waals surface area contributed by atoms with E-state index in [0.717, 1.165) is 28.3 Å². The Labute approximate surface area is 322 Å². The van der Waals surface area contributed by atoms with Crippen LogP contribution in [0.15, 0.2) is 115 Å². The lowest BCUT2D eigenvalue weighted by Crippen LogP contribution is -2.28. The molecular weight excluding hydrogens is 712 g/mol. The topological polar surface area (TPSA) is 90.4 Å². The van der Waals surface area contributed by atoms with Gasteiger partial charge in [0, 0.05) is 31.3 Å². The zero-order chi connectivity index (χ0) is 38.7. The average molecular weight is 757 g/mol. The van der Waals surface area contributed by atoms with Crippen molar-refractivity contribution in [3.05, 3.63) is 160 Å². The standard InChI is InChI=1S/C45H45FN2O6Si/c1-51-35-21-18-33(37(26-35)52-2)28-48-44(49)38-39(45(48)50)43(54-41(31-12-8-6-9-13-31)32-14-10-7-11-15-32)40-36(42(38)53-22-23-55(3,4)5)25-30(27-47-40)24-29-16-19-34(46)20-17-29/h6-21,25-27,41,44,49H,22-24,28H2,1-5H3. The second-order valence-electron chi connectivity index (χ2n) is 15.0. The van der Waals surface area contributed by atoms with E-state index in [0.29, 0.717) is 52.3 Å². The minimum absolute atomic E-state index is 0.0377. The van der Waals surface area contributed by atoms with Crippen LogP contribution in [-0.4, -0.2) is 49.8 Å². The number of hydrogen-bond acceptors (Lipinski definition) is 7. The quantitative estimate of drug-likeness (QED) is 0.111. The van der Waals surface area contributed by atoms with Crippen LogP contribution in [-0.2, 0) is 13.0 Å². The Bertz CT molecular complexity index is 2260. The number of aliphatic hydroxyl groups is 1. The maximum absolute atomic E-state index is 14.9. The molecule has 1 N–H and O–H groups in total. The molecule has 0 radical (unpaired) electrons. The number of benzene rings is 5. The third-order valence-electron chi connectivity index (χ3n) is 9.87. The van der Waals surface area contributed by atoms with Gasteiger partial charge in [-0.2, -0.15) is 0 Å². The number of pyridine rings is 1. The van der Waals surface area contributed by atoms with Crippen LogP contribution in [0, 0.1) is 5.82 Å². The number of carbonyl (C=O) groups excluding carboxylic acids is 1. The van der Waals surface area contributed by atoms with E-state index in [2.05, 4.69) is 19.6 Å². The van der Waals surface area contributed by atoms with Crippen LogP contribution < -0.4 is 18.9 Å². The van der Waals surface area contributed by atoms with Crippen molar-refractivity contribution in [1.82, 2.24) is 9.88 Å². The number of aliphatic hydroxyl groups excluding tert-OH is 1. The number of hydrogen-bond donors (Lipinski definition) is 1. The molecular formula is C45H45FN2O6Si. The van der Waals surface area contributed by atoms with Gasteiger partial charge in [0.2, 0.25) is 0 Å². The summed E-state index contributed by atoms with van der Waals surface area (Å²) < 4.78 is 38.7. The molecule has 1 unspecified atom stereocenters. The molecule has 1 aliphatic heterocycles. The Morgan fingerprint density at radius 1 is 0.836 bits per heavy atom. The van der Waals surface area contributed by atoms with Gasteiger partial charge in [-0.1, -0.05) is 92.4 Å². The number of amides is 1. The molecule has 55 heavy (non-hydrogen) atoms. The number of nitrogens with zero attached hydrogens (tertiary/aromatic N) is 2. The largest absolute Gasteiger partial charge is 0.497 e. The molecule has 282 valence electrons. The highest BCUT2D eigenvalue weighted by molar-refractivity contribution is 6.76. The number of rotatable bonds is 14. The number of aromatic nitrogens is 1. The van der Waals surface area contributed by atoms with Gasteiger partial charge >= 0.3 is 0 Å². The molecule has 2 heterocycles. The molecule has 1 amide bonds. The van der Waals surface area contributed by atoms with Gasteiger partial charge in [0.25, 0.3) is 5.91 Å². The first-order valence-corrected chi connectivity index (χ1v) is 22.1. The van der Waals surface area contributed by atoms with Gasteiger partial charge in [-0.25, -0.2) is 4.39 Å². The van der Waals surface area contributed by atoms with Crippen LogP contribution in [0.4, 0.5) is 4.39 Å². The molecule has 1 aromatic heterocycles. The van der Waals surface area contributed by atoms with Gasteiger partial charge in [-0.15, -0.1) is 0 Å². The second-order valence-corrected chi connectivity index (χ2v) is 20.6. The van der Waals surface area contributed by atoms with Crippen molar-refractivity contribution in [2.24, 2.45) is 0 Å². The van der Waals surface area contributed by atoms with Crippen LogP contribution in [0.1, 0.15) is 56.1 Å². The van der Waals surface area contributed by atoms with Gasteiger partial charge in [0.15, 0.2) is 12.0 Å². The van der Waals surface area contributed by atoms with Crippen LogP contribution in [0.25, 0.3) is 10.9 Å². The summed E-state index contributed by atoms with van der Waals surface area (Å²) in [5.41, 5.74) is 5.16. The van der Waals surface area contributed by atoms with Crippen molar-refractivity contribution >= 4 is 24.9 Å². The van der Waals surface area contributed by atoms with E-state index in [4.69, 9.17) is 23.9 Å². The Balaban J connectivity index is 1.44. The van der Waals surface area contributed by atoms with Crippen molar-refractivity contribution in [2.45, 2.75) is 51.0 Å². The van der Waals surface area contributed by atoms with Crippen molar-refractivity contribution in [2.75, 3.05) is 20.8 Å². The van der Waals surface area contributed by atoms with Gasteiger partial charge in [-0.3, -0.25) is 9.78 Å². The Morgan fingerprint density at radius 2 is 1.51 bits per heavy atom. The van der Waals surface area contributed by atoms with Crippen molar-refractivity contribution in [3.8, 4) is 23.0 Å². The summed E-state index contributed by atoms with van der Waals surface area (Å²) in [5.74, 6) is 1.03. The average Bonchev–Trinajstić information content (AvgIpc) is 3.43. The molecule has 0 saturated heterocycles. The lowest BCUT2D eigenvalue weighted by molar-refractivity contribution is 0.0125. The van der Waals surface area contributed by atoms with Gasteiger partial charge < -0.3 is 29.0 Å². The third kappa shape index (κ3) is 8.06. The van der Waals surface area contributed by atoms with Crippen molar-refractivity contribution < 1.29 is 33.2 Å². The fourth-order valence-electron chi connectivity index (χ4n) is 6.92. The fraction of sp³-hybridized carbons (Fsp3) is 0.244. The third-order valence-corrected chi connectivity index (χ3v) is 11.6. The number of methoxy groups -OCH3 is 2. The second kappa shape index (κ2) is 15.9. The lowest BCUT2D eigenvalue weighted by atomic mass is 9.97. The molecule has 1 aliphatic rings. The van der Waals surface area contributed by atoms with E-state index in [-0.39, 0.29) is 23.7 Å². The summed E-state index contributed by atoms with van der Waals surface area (Å²) >= 11 is 0. The molecule has 0 bridgehead atoms. The summed E-state index contributed by atoms with van der Waals surface area (Å²) in [5, 5.41) is 12.9. The zero-order valence-corrected chi connectivity index (χ0v) is 32.7. The SMILES string of the molecule is COc1ccc(CN2C(=O)c3c(c(OCC[Si](C)(C)C)c4cc(Cc5ccc(F)cc5)cnc4c3OC(c3ccccc3)c3ccccc3)C2O)c(OC)c1. The lowest BCUT2D eigenvalue weighted by Gasteiger charge is -2.25. The normalized spacial score (nSPS) is 14.0. The first kappa shape index (κ1) is 37.6. The van der Waals surface area contributed by atoms with Crippen LogP contribution >= 0.6 is 0 Å². The molecule has 10 heteroatoms. The van der Waals surface area contributed by atoms with Crippen molar-refractivity contribution in [1.29, 1.82) is 0 Å². The predicted molar refractivity (Wildman–Crippen MR) is 214 cm³/mol. The van der Waals surface area contributed by atoms with E-state index in [9.17, 15) is 14.3 Å². The van der Waals surface area contributed by atoms with Crippen LogP contribution in [0.5, 0.6) is 23.0 Å². The number of ether oxygens (including phenoxy) is 4. The van der Waals surface area contributed by atoms with E-state index in [1.807, 2.05) is 72.8 Å². The first-order valence-electron chi connectivity index (χ1n) is 18.4. The maximum Gasteiger partial charge on any atom is 0.260 e.